The van der Waals surface area contributed by atoms with Gasteiger partial charge < -0.3 is 0 Å². The van der Waals surface area contributed by atoms with Crippen molar-refractivity contribution in [3.63, 3.8) is 0 Å². The summed E-state index contributed by atoms with van der Waals surface area (Å²) < 4.78 is 22.7. The van der Waals surface area contributed by atoms with Gasteiger partial charge in [-0.25, -0.2) is 8.42 Å². The van der Waals surface area contributed by atoms with Crippen molar-refractivity contribution in [2.24, 2.45) is 0 Å². The summed E-state index contributed by atoms with van der Waals surface area (Å²) in [5, 5.41) is 0. The first-order chi connectivity index (χ1) is 3.61. The lowest BCUT2D eigenvalue weighted by molar-refractivity contribution is 0.525. The Hall–Kier alpha value is -0.0900. The van der Waals surface area contributed by atoms with Crippen LogP contribution in [0, 0.1) is 0 Å². The van der Waals surface area contributed by atoms with Crippen LogP contribution in [0.1, 0.15) is 6.42 Å². The summed E-state index contributed by atoms with van der Waals surface area (Å²) in [6.45, 7) is 0. The second kappa shape index (κ2) is 0.953. The summed E-state index contributed by atoms with van der Waals surface area (Å²) in [6.07, 6.45) is 2.37. The van der Waals surface area contributed by atoms with Crippen molar-refractivity contribution in [1.29, 1.82) is 0 Å². The summed E-state index contributed by atoms with van der Waals surface area (Å²) in [7, 11) is -2.80. The van der Waals surface area contributed by atoms with Gasteiger partial charge in [0.25, 0.3) is 0 Å². The second-order valence-corrected chi connectivity index (χ2v) is 4.35. The molecule has 0 aromatic rings. The molecule has 0 amide bonds. The summed E-state index contributed by atoms with van der Waals surface area (Å²) in [5.74, 6) is 0. The molecule has 1 heterocycles. The third-order valence-corrected chi connectivity index (χ3v) is 2.98. The van der Waals surface area contributed by atoms with Crippen LogP contribution >= 0.6 is 0 Å². The van der Waals surface area contributed by atoms with Gasteiger partial charge in [0.2, 0.25) is 10.0 Å². The minimum Gasteiger partial charge on any atom is -0.212 e. The van der Waals surface area contributed by atoms with Gasteiger partial charge in [0.1, 0.15) is 0 Å². The predicted octanol–water partition coefficient (Wildman–Crippen LogP) is -0.598. The summed E-state index contributed by atoms with van der Waals surface area (Å²) in [6, 6.07) is 0.843. The number of hydrogen-bond donors (Lipinski definition) is 0. The van der Waals surface area contributed by atoms with E-state index in [9.17, 15) is 8.42 Å². The fourth-order valence-electron chi connectivity index (χ4n) is 1.04. The molecular weight excluding hydrogens is 126 g/mol. The van der Waals surface area contributed by atoms with E-state index in [0.717, 1.165) is 6.42 Å². The second-order valence-electron chi connectivity index (χ2n) is 2.46. The summed E-state index contributed by atoms with van der Waals surface area (Å²) in [5.41, 5.74) is 0. The van der Waals surface area contributed by atoms with Crippen molar-refractivity contribution < 1.29 is 8.42 Å². The van der Waals surface area contributed by atoms with E-state index in [4.69, 9.17) is 0 Å². The maximum atomic E-state index is 10.6. The highest BCUT2D eigenvalue weighted by atomic mass is 32.2. The van der Waals surface area contributed by atoms with E-state index in [1.165, 1.54) is 6.26 Å². The lowest BCUT2D eigenvalue weighted by Crippen LogP contribution is -2.17. The Bertz CT molecular complexity index is 212. The molecule has 1 saturated carbocycles. The van der Waals surface area contributed by atoms with Crippen molar-refractivity contribution in [3.05, 3.63) is 0 Å². The predicted molar refractivity (Wildman–Crippen MR) is 28.9 cm³/mol. The SMILES string of the molecule is CS(=O)(=O)N1C2CC21. The van der Waals surface area contributed by atoms with Crippen LogP contribution in [0.5, 0.6) is 0 Å². The van der Waals surface area contributed by atoms with Crippen LogP contribution in [0.25, 0.3) is 0 Å². The maximum Gasteiger partial charge on any atom is 0.211 e. The molecule has 2 unspecified atom stereocenters. The molecule has 2 atom stereocenters. The maximum absolute atomic E-state index is 10.6. The molecule has 0 N–H and O–H groups in total. The third kappa shape index (κ3) is 0.444. The first-order valence-electron chi connectivity index (χ1n) is 2.59. The zero-order valence-electron chi connectivity index (χ0n) is 4.53. The van der Waals surface area contributed by atoms with Gasteiger partial charge in [0, 0.05) is 12.1 Å². The molecule has 46 valence electrons. The Balaban J connectivity index is 2.21. The van der Waals surface area contributed by atoms with Crippen molar-refractivity contribution in [2.75, 3.05) is 6.26 Å². The quantitative estimate of drug-likeness (QED) is 0.448. The average Bonchev–Trinajstić information content (AvgIpc) is 1.94. The smallest absolute Gasteiger partial charge is 0.211 e. The lowest BCUT2D eigenvalue weighted by atomic mass is 10.8. The molecule has 8 heavy (non-hydrogen) atoms. The van der Waals surface area contributed by atoms with Crippen LogP contribution in [0.2, 0.25) is 0 Å². The molecule has 2 rings (SSSR count). The first-order valence-corrected chi connectivity index (χ1v) is 4.44. The normalized spacial score (nSPS) is 50.4. The number of sulfonamides is 1. The Morgan fingerprint density at radius 3 is 2.00 bits per heavy atom. The van der Waals surface area contributed by atoms with Crippen molar-refractivity contribution in [1.82, 2.24) is 4.31 Å². The molecule has 0 aromatic heterocycles. The Morgan fingerprint density at radius 2 is 2.00 bits per heavy atom. The largest absolute Gasteiger partial charge is 0.212 e. The van der Waals surface area contributed by atoms with Gasteiger partial charge in [0.05, 0.1) is 6.26 Å². The first kappa shape index (κ1) is 4.76. The van der Waals surface area contributed by atoms with Gasteiger partial charge in [-0.1, -0.05) is 0 Å². The molecule has 0 bridgehead atoms. The van der Waals surface area contributed by atoms with Crippen molar-refractivity contribution in [3.8, 4) is 0 Å². The number of rotatable bonds is 1. The molecule has 4 heteroatoms. The molecular formula is C4H7NO2S. The van der Waals surface area contributed by atoms with E-state index in [1.807, 2.05) is 0 Å². The van der Waals surface area contributed by atoms with Gasteiger partial charge in [-0.3, -0.25) is 0 Å². The molecule has 0 aromatic carbocycles. The molecule has 1 aliphatic heterocycles. The van der Waals surface area contributed by atoms with Crippen LogP contribution in [-0.4, -0.2) is 31.1 Å². The van der Waals surface area contributed by atoms with E-state index in [1.54, 1.807) is 4.31 Å². The topological polar surface area (TPSA) is 37.1 Å². The van der Waals surface area contributed by atoms with Crippen LogP contribution in [0.15, 0.2) is 0 Å². The zero-order valence-corrected chi connectivity index (χ0v) is 5.35. The highest BCUT2D eigenvalue weighted by molar-refractivity contribution is 7.88. The lowest BCUT2D eigenvalue weighted by Gasteiger charge is -2.01. The Kier molecular flexibility index (Phi) is 0.567. The summed E-state index contributed by atoms with van der Waals surface area (Å²) in [4.78, 5) is 0. The third-order valence-electron chi connectivity index (χ3n) is 1.67. The van der Waals surface area contributed by atoms with E-state index in [0.29, 0.717) is 12.1 Å². The molecule has 1 saturated heterocycles. The van der Waals surface area contributed by atoms with Crippen LogP contribution in [0.4, 0.5) is 0 Å². The Morgan fingerprint density at radius 1 is 1.50 bits per heavy atom. The minimum atomic E-state index is -2.80. The highest BCUT2D eigenvalue weighted by Crippen LogP contribution is 2.52. The number of hydrogen-bond acceptors (Lipinski definition) is 2. The van der Waals surface area contributed by atoms with E-state index < -0.39 is 10.0 Å². The van der Waals surface area contributed by atoms with Crippen LogP contribution in [-0.2, 0) is 10.0 Å². The fraction of sp³-hybridized carbons (Fsp3) is 1.00. The van der Waals surface area contributed by atoms with Gasteiger partial charge in [0.15, 0.2) is 0 Å². The molecule has 2 aliphatic rings. The standard InChI is InChI=1S/C4H7NO2S/c1-8(6,7)5-3-2-4(3)5/h3-4H,2H2,1H3. The van der Waals surface area contributed by atoms with E-state index in [2.05, 4.69) is 0 Å². The van der Waals surface area contributed by atoms with E-state index >= 15 is 0 Å². The monoisotopic (exact) mass is 133 g/mol. The van der Waals surface area contributed by atoms with Gasteiger partial charge in [-0.2, -0.15) is 4.31 Å². The van der Waals surface area contributed by atoms with Crippen LogP contribution in [0.3, 0.4) is 0 Å². The minimum absolute atomic E-state index is 0.421. The van der Waals surface area contributed by atoms with Crippen LogP contribution < -0.4 is 0 Å². The van der Waals surface area contributed by atoms with Crippen molar-refractivity contribution in [2.45, 2.75) is 18.5 Å². The van der Waals surface area contributed by atoms with E-state index in [-0.39, 0.29) is 0 Å². The molecule has 1 aliphatic carbocycles. The van der Waals surface area contributed by atoms with Gasteiger partial charge in [-0.05, 0) is 6.42 Å². The van der Waals surface area contributed by atoms with Gasteiger partial charge in [-0.15, -0.1) is 0 Å². The number of fused-ring (bicyclic) bond motifs is 1. The average molecular weight is 133 g/mol. The molecule has 0 radical (unpaired) electrons. The van der Waals surface area contributed by atoms with Crippen molar-refractivity contribution >= 4 is 10.0 Å². The number of nitrogens with zero attached hydrogens (tertiary/aromatic N) is 1. The highest BCUT2D eigenvalue weighted by Gasteiger charge is 2.67. The molecule has 0 spiro atoms. The van der Waals surface area contributed by atoms with Gasteiger partial charge >= 0.3 is 0 Å². The zero-order chi connectivity index (χ0) is 5.94. The summed E-state index contributed by atoms with van der Waals surface area (Å²) >= 11 is 0. The molecule has 3 nitrogen and oxygen atoms in total. The molecule has 2 fully saturated rings. The fourth-order valence-corrected chi connectivity index (χ4v) is 2.42. The Labute approximate surface area is 48.3 Å².